The first-order valence-corrected chi connectivity index (χ1v) is 8.78. The number of nitrogens with two attached hydrogens (primary N) is 1. The molecule has 0 atom stereocenters. The number of aromatic nitrogens is 3. The Labute approximate surface area is 151 Å². The van der Waals surface area contributed by atoms with E-state index in [1.54, 1.807) is 12.1 Å². The zero-order valence-electron chi connectivity index (χ0n) is 12.7. The van der Waals surface area contributed by atoms with Crippen molar-refractivity contribution < 1.29 is 9.13 Å². The molecule has 0 fully saturated rings. The summed E-state index contributed by atoms with van der Waals surface area (Å²) in [7, 11) is 1.44. The summed E-state index contributed by atoms with van der Waals surface area (Å²) in [5.74, 6) is 7.01. The molecule has 0 aliphatic rings. The molecular formula is C16H14BrFN4OS. The number of ether oxygens (including phenoxy) is 1. The molecule has 0 spiro atoms. The largest absolute Gasteiger partial charge is 0.494 e. The molecule has 0 bridgehead atoms. The van der Waals surface area contributed by atoms with Gasteiger partial charge in [0.25, 0.3) is 0 Å². The van der Waals surface area contributed by atoms with E-state index in [1.807, 2.05) is 24.3 Å². The van der Waals surface area contributed by atoms with E-state index in [4.69, 9.17) is 10.6 Å². The number of halogens is 2. The fourth-order valence-electron chi connectivity index (χ4n) is 2.15. The van der Waals surface area contributed by atoms with Crippen LogP contribution in [0.2, 0.25) is 0 Å². The lowest BCUT2D eigenvalue weighted by molar-refractivity contribution is 0.386. The van der Waals surface area contributed by atoms with Gasteiger partial charge in [0.05, 0.1) is 7.11 Å². The molecule has 0 aliphatic carbocycles. The van der Waals surface area contributed by atoms with Gasteiger partial charge in [-0.2, -0.15) is 0 Å². The van der Waals surface area contributed by atoms with Crippen LogP contribution in [0, 0.1) is 5.82 Å². The van der Waals surface area contributed by atoms with Crippen LogP contribution in [0.3, 0.4) is 0 Å². The van der Waals surface area contributed by atoms with Crippen LogP contribution in [0.25, 0.3) is 11.4 Å². The van der Waals surface area contributed by atoms with Crippen molar-refractivity contribution in [1.82, 2.24) is 14.9 Å². The first-order valence-electron chi connectivity index (χ1n) is 7.00. The molecule has 0 unspecified atom stereocenters. The molecule has 3 aromatic rings. The van der Waals surface area contributed by atoms with Crippen LogP contribution < -0.4 is 10.6 Å². The Morgan fingerprint density at radius 2 is 2.04 bits per heavy atom. The molecule has 3 rings (SSSR count). The lowest BCUT2D eigenvalue weighted by Crippen LogP contribution is -2.11. The second kappa shape index (κ2) is 7.23. The predicted octanol–water partition coefficient (Wildman–Crippen LogP) is 3.86. The molecule has 124 valence electrons. The minimum absolute atomic E-state index is 0.224. The van der Waals surface area contributed by atoms with Gasteiger partial charge in [0.1, 0.15) is 0 Å². The van der Waals surface area contributed by atoms with Gasteiger partial charge < -0.3 is 10.6 Å². The molecule has 5 nitrogen and oxygen atoms in total. The summed E-state index contributed by atoms with van der Waals surface area (Å²) in [5.41, 5.74) is 1.67. The third kappa shape index (κ3) is 3.39. The number of nitrogen functional groups attached to an aromatic ring is 1. The van der Waals surface area contributed by atoms with E-state index in [-0.39, 0.29) is 5.75 Å². The van der Waals surface area contributed by atoms with E-state index < -0.39 is 5.82 Å². The minimum Gasteiger partial charge on any atom is -0.494 e. The summed E-state index contributed by atoms with van der Waals surface area (Å²) in [6.45, 7) is 0. The number of hydrogen-bond acceptors (Lipinski definition) is 5. The number of nitrogens with zero attached hydrogens (tertiary/aromatic N) is 3. The van der Waals surface area contributed by atoms with Gasteiger partial charge in [-0.05, 0) is 29.8 Å². The van der Waals surface area contributed by atoms with Crippen LogP contribution in [0.4, 0.5) is 4.39 Å². The Morgan fingerprint density at radius 1 is 1.25 bits per heavy atom. The smallest absolute Gasteiger partial charge is 0.210 e. The van der Waals surface area contributed by atoms with Crippen LogP contribution in [0.5, 0.6) is 5.75 Å². The molecule has 2 aromatic carbocycles. The number of thioether (sulfide) groups is 1. The minimum atomic E-state index is -0.390. The molecule has 2 N–H and O–H groups in total. The van der Waals surface area contributed by atoms with E-state index in [1.165, 1.54) is 29.6 Å². The van der Waals surface area contributed by atoms with Gasteiger partial charge in [0.2, 0.25) is 5.16 Å². The molecule has 0 aliphatic heterocycles. The van der Waals surface area contributed by atoms with E-state index in [2.05, 4.69) is 26.1 Å². The van der Waals surface area contributed by atoms with Crippen LogP contribution >= 0.6 is 27.7 Å². The maximum Gasteiger partial charge on any atom is 0.210 e. The molecular weight excluding hydrogens is 395 g/mol. The van der Waals surface area contributed by atoms with Gasteiger partial charge >= 0.3 is 0 Å². The van der Waals surface area contributed by atoms with Gasteiger partial charge in [0, 0.05) is 15.8 Å². The van der Waals surface area contributed by atoms with Crippen molar-refractivity contribution in [3.8, 4) is 17.1 Å². The molecule has 8 heteroatoms. The van der Waals surface area contributed by atoms with Gasteiger partial charge in [-0.15, -0.1) is 10.2 Å². The second-order valence-electron chi connectivity index (χ2n) is 4.91. The van der Waals surface area contributed by atoms with Crippen LogP contribution in [-0.2, 0) is 5.75 Å². The van der Waals surface area contributed by atoms with E-state index >= 15 is 0 Å². The second-order valence-corrected chi connectivity index (χ2v) is 6.71. The average Bonchev–Trinajstić information content (AvgIpc) is 2.94. The van der Waals surface area contributed by atoms with Crippen LogP contribution in [0.1, 0.15) is 5.56 Å². The average molecular weight is 409 g/mol. The van der Waals surface area contributed by atoms with Gasteiger partial charge in [-0.25, -0.2) is 9.07 Å². The number of rotatable bonds is 5. The van der Waals surface area contributed by atoms with E-state index in [9.17, 15) is 4.39 Å². The fourth-order valence-corrected chi connectivity index (χ4v) is 3.41. The Balaban J connectivity index is 1.78. The molecule has 1 aromatic heterocycles. The number of methoxy groups -OCH3 is 1. The highest BCUT2D eigenvalue weighted by atomic mass is 79.9. The summed E-state index contributed by atoms with van der Waals surface area (Å²) in [6.07, 6.45) is 0. The summed E-state index contributed by atoms with van der Waals surface area (Å²) in [5, 5.41) is 8.82. The topological polar surface area (TPSA) is 66.0 Å². The van der Waals surface area contributed by atoms with Gasteiger partial charge in [-0.3, -0.25) is 0 Å². The van der Waals surface area contributed by atoms with Crippen molar-refractivity contribution in [1.29, 1.82) is 0 Å². The normalized spacial score (nSPS) is 10.8. The summed E-state index contributed by atoms with van der Waals surface area (Å²) in [4.78, 5) is 0. The number of benzene rings is 2. The van der Waals surface area contributed by atoms with Crippen molar-refractivity contribution in [3.05, 3.63) is 58.3 Å². The first-order chi connectivity index (χ1) is 11.6. The van der Waals surface area contributed by atoms with Crippen LogP contribution in [-0.4, -0.2) is 22.0 Å². The zero-order chi connectivity index (χ0) is 17.1. The van der Waals surface area contributed by atoms with Crippen molar-refractivity contribution in [2.24, 2.45) is 0 Å². The molecule has 0 saturated carbocycles. The van der Waals surface area contributed by atoms with E-state index in [0.29, 0.717) is 16.7 Å². The standard InChI is InChI=1S/C16H14BrFN4OS/c1-23-14-7-6-10(8-13(14)18)9-24-16-21-20-15(22(16)19)11-4-2-3-5-12(11)17/h2-8H,9,19H2,1H3. The molecule has 0 amide bonds. The zero-order valence-corrected chi connectivity index (χ0v) is 15.1. The van der Waals surface area contributed by atoms with E-state index in [0.717, 1.165) is 15.6 Å². The van der Waals surface area contributed by atoms with Crippen molar-refractivity contribution in [2.45, 2.75) is 10.9 Å². The van der Waals surface area contributed by atoms with Gasteiger partial charge in [0.15, 0.2) is 17.4 Å². The molecule has 1 heterocycles. The Bertz CT molecular complexity index is 871. The molecule has 0 saturated heterocycles. The fraction of sp³-hybridized carbons (Fsp3) is 0.125. The van der Waals surface area contributed by atoms with Crippen LogP contribution in [0.15, 0.2) is 52.1 Å². The highest BCUT2D eigenvalue weighted by Crippen LogP contribution is 2.29. The SMILES string of the molecule is COc1ccc(CSc2nnc(-c3ccccc3Br)n2N)cc1F. The summed E-state index contributed by atoms with van der Waals surface area (Å²) < 4.78 is 21.0. The molecule has 24 heavy (non-hydrogen) atoms. The monoisotopic (exact) mass is 408 g/mol. The Hall–Kier alpha value is -2.06. The first kappa shape index (κ1) is 16.8. The summed E-state index contributed by atoms with van der Waals surface area (Å²) in [6, 6.07) is 12.5. The number of hydrogen-bond donors (Lipinski definition) is 1. The van der Waals surface area contributed by atoms with Gasteiger partial charge in [-0.1, -0.05) is 45.9 Å². The Morgan fingerprint density at radius 3 is 2.75 bits per heavy atom. The lowest BCUT2D eigenvalue weighted by atomic mass is 10.2. The third-order valence-electron chi connectivity index (χ3n) is 3.36. The van der Waals surface area contributed by atoms with Crippen molar-refractivity contribution in [3.63, 3.8) is 0 Å². The van der Waals surface area contributed by atoms with Crippen molar-refractivity contribution in [2.75, 3.05) is 13.0 Å². The lowest BCUT2D eigenvalue weighted by Gasteiger charge is -2.06. The maximum atomic E-state index is 13.7. The summed E-state index contributed by atoms with van der Waals surface area (Å²) >= 11 is 4.86. The Kier molecular flexibility index (Phi) is 5.06. The predicted molar refractivity (Wildman–Crippen MR) is 95.8 cm³/mol. The maximum absolute atomic E-state index is 13.7. The highest BCUT2D eigenvalue weighted by Gasteiger charge is 2.14. The third-order valence-corrected chi connectivity index (χ3v) is 5.07. The highest BCUT2D eigenvalue weighted by molar-refractivity contribution is 9.10. The molecule has 0 radical (unpaired) electrons. The quantitative estimate of drug-likeness (QED) is 0.512. The van der Waals surface area contributed by atoms with Crippen molar-refractivity contribution >= 4 is 27.7 Å².